The zero-order valence-electron chi connectivity index (χ0n) is 10.9. The summed E-state index contributed by atoms with van der Waals surface area (Å²) in [4.78, 5) is 0. The Morgan fingerprint density at radius 3 is 3.00 bits per heavy atom. The minimum Gasteiger partial charge on any atom is -0.487 e. The third kappa shape index (κ3) is 2.61. The van der Waals surface area contributed by atoms with Crippen LogP contribution in [0.25, 0.3) is 0 Å². The topological polar surface area (TPSA) is 35.3 Å². The minimum absolute atomic E-state index is 0.458. The van der Waals surface area contributed by atoms with Crippen molar-refractivity contribution in [1.82, 2.24) is 5.16 Å². The molecule has 3 rings (SSSR count). The van der Waals surface area contributed by atoms with Gasteiger partial charge in [-0.2, -0.15) is 0 Å². The van der Waals surface area contributed by atoms with E-state index in [-0.39, 0.29) is 0 Å². The molecule has 0 spiro atoms. The third-order valence-corrected chi connectivity index (χ3v) is 3.96. The van der Waals surface area contributed by atoms with Crippen LogP contribution in [0.15, 0.2) is 22.7 Å². The van der Waals surface area contributed by atoms with Gasteiger partial charge >= 0.3 is 0 Å². The second-order valence-electron chi connectivity index (χ2n) is 4.94. The van der Waals surface area contributed by atoms with E-state index in [0.29, 0.717) is 6.61 Å². The van der Waals surface area contributed by atoms with Crippen molar-refractivity contribution in [3.63, 3.8) is 0 Å². The van der Waals surface area contributed by atoms with E-state index in [4.69, 9.17) is 20.9 Å². The van der Waals surface area contributed by atoms with Crippen LogP contribution in [0.4, 0.5) is 0 Å². The smallest absolute Gasteiger partial charge is 0.140 e. The van der Waals surface area contributed by atoms with Gasteiger partial charge in [-0.3, -0.25) is 0 Å². The van der Waals surface area contributed by atoms with Crippen LogP contribution < -0.4 is 4.74 Å². The Balaban J connectivity index is 1.72. The molecule has 100 valence electrons. The summed E-state index contributed by atoms with van der Waals surface area (Å²) in [6, 6.07) is 5.67. The molecule has 1 aromatic heterocycles. The summed E-state index contributed by atoms with van der Waals surface area (Å²) >= 11 is 5.99. The largest absolute Gasteiger partial charge is 0.487 e. The van der Waals surface area contributed by atoms with Gasteiger partial charge in [0.15, 0.2) is 0 Å². The van der Waals surface area contributed by atoms with Crippen molar-refractivity contribution in [2.24, 2.45) is 0 Å². The van der Waals surface area contributed by atoms with E-state index in [1.807, 2.05) is 25.1 Å². The van der Waals surface area contributed by atoms with E-state index in [1.54, 1.807) is 0 Å². The average Bonchev–Trinajstić information content (AvgIpc) is 2.83. The molecule has 0 atom stereocenters. The van der Waals surface area contributed by atoms with Gasteiger partial charge in [0.2, 0.25) is 0 Å². The fourth-order valence-electron chi connectivity index (χ4n) is 2.42. The molecule has 4 heteroatoms. The highest BCUT2D eigenvalue weighted by Gasteiger charge is 2.19. The number of aromatic nitrogens is 1. The minimum atomic E-state index is 0.458. The Morgan fingerprint density at radius 2 is 2.16 bits per heavy atom. The molecule has 2 aromatic rings. The van der Waals surface area contributed by atoms with Crippen LogP contribution in [0.5, 0.6) is 5.75 Å². The number of hydrogen-bond donors (Lipinski definition) is 0. The maximum absolute atomic E-state index is 5.99. The van der Waals surface area contributed by atoms with Crippen molar-refractivity contribution in [1.29, 1.82) is 0 Å². The molecule has 1 heterocycles. The van der Waals surface area contributed by atoms with Crippen molar-refractivity contribution in [3.05, 3.63) is 45.8 Å². The molecule has 0 amide bonds. The third-order valence-electron chi connectivity index (χ3n) is 3.54. The molecule has 0 bridgehead atoms. The van der Waals surface area contributed by atoms with Gasteiger partial charge in [0, 0.05) is 17.0 Å². The van der Waals surface area contributed by atoms with E-state index >= 15 is 0 Å². The Labute approximate surface area is 117 Å². The molecule has 0 unspecified atom stereocenters. The fourth-order valence-corrected chi connectivity index (χ4v) is 2.54. The molecule has 1 aromatic carbocycles. The van der Waals surface area contributed by atoms with Gasteiger partial charge in [0.25, 0.3) is 0 Å². The van der Waals surface area contributed by atoms with Gasteiger partial charge in [-0.05, 0) is 49.9 Å². The highest BCUT2D eigenvalue weighted by Crippen LogP contribution is 2.26. The van der Waals surface area contributed by atoms with Crippen LogP contribution in [0.1, 0.15) is 35.4 Å². The second-order valence-corrected chi connectivity index (χ2v) is 5.34. The van der Waals surface area contributed by atoms with E-state index in [2.05, 4.69) is 5.16 Å². The summed E-state index contributed by atoms with van der Waals surface area (Å²) in [6.45, 7) is 2.42. The summed E-state index contributed by atoms with van der Waals surface area (Å²) < 4.78 is 11.1. The van der Waals surface area contributed by atoms with Gasteiger partial charge in [-0.1, -0.05) is 16.8 Å². The second kappa shape index (κ2) is 5.25. The van der Waals surface area contributed by atoms with Crippen molar-refractivity contribution < 1.29 is 9.26 Å². The van der Waals surface area contributed by atoms with E-state index < -0.39 is 0 Å². The Bertz CT molecular complexity index is 592. The number of halogens is 1. The van der Waals surface area contributed by atoms with Gasteiger partial charge in [0.05, 0.1) is 0 Å². The van der Waals surface area contributed by atoms with Gasteiger partial charge in [0.1, 0.15) is 23.8 Å². The zero-order valence-corrected chi connectivity index (χ0v) is 11.7. The lowest BCUT2D eigenvalue weighted by Crippen LogP contribution is -2.04. The van der Waals surface area contributed by atoms with Gasteiger partial charge < -0.3 is 9.26 Å². The first-order chi connectivity index (χ1) is 9.24. The maximum atomic E-state index is 5.99. The van der Waals surface area contributed by atoms with Gasteiger partial charge in [-0.15, -0.1) is 0 Å². The van der Waals surface area contributed by atoms with Crippen LogP contribution in [0.3, 0.4) is 0 Å². The molecule has 0 N–H and O–H groups in total. The van der Waals surface area contributed by atoms with E-state index in [1.165, 1.54) is 18.4 Å². The number of ether oxygens (including phenoxy) is 1. The first-order valence-corrected chi connectivity index (χ1v) is 6.97. The van der Waals surface area contributed by atoms with E-state index in [9.17, 15) is 0 Å². The molecule has 0 saturated heterocycles. The summed E-state index contributed by atoms with van der Waals surface area (Å²) in [7, 11) is 0. The molecular formula is C15H16ClNO2. The molecule has 0 fully saturated rings. The number of aryl methyl sites for hydroxylation is 2. The normalized spacial score (nSPS) is 14.2. The summed E-state index contributed by atoms with van der Waals surface area (Å²) in [5.74, 6) is 1.85. The monoisotopic (exact) mass is 277 g/mol. The van der Waals surface area contributed by atoms with Crippen LogP contribution in [0.2, 0.25) is 5.02 Å². The summed E-state index contributed by atoms with van der Waals surface area (Å²) in [5, 5.41) is 4.88. The van der Waals surface area contributed by atoms with Crippen molar-refractivity contribution in [2.45, 2.75) is 39.2 Å². The summed E-state index contributed by atoms with van der Waals surface area (Å²) in [6.07, 6.45) is 4.46. The molecule has 3 nitrogen and oxygen atoms in total. The van der Waals surface area contributed by atoms with E-state index in [0.717, 1.165) is 40.6 Å². The van der Waals surface area contributed by atoms with Gasteiger partial charge in [-0.25, -0.2) is 0 Å². The quantitative estimate of drug-likeness (QED) is 0.847. The summed E-state index contributed by atoms with van der Waals surface area (Å²) in [5.41, 5.74) is 3.19. The Hall–Kier alpha value is -1.48. The first-order valence-electron chi connectivity index (χ1n) is 6.59. The van der Waals surface area contributed by atoms with Crippen LogP contribution in [0, 0.1) is 6.92 Å². The maximum Gasteiger partial charge on any atom is 0.140 e. The molecular weight excluding hydrogens is 262 g/mol. The molecule has 1 aliphatic rings. The fraction of sp³-hybridized carbons (Fsp3) is 0.400. The predicted octanol–water partition coefficient (Wildman–Crippen LogP) is 4.09. The molecule has 19 heavy (non-hydrogen) atoms. The van der Waals surface area contributed by atoms with Crippen molar-refractivity contribution in [3.8, 4) is 5.75 Å². The average molecular weight is 278 g/mol. The number of benzene rings is 1. The first kappa shape index (κ1) is 12.5. The highest BCUT2D eigenvalue weighted by molar-refractivity contribution is 6.31. The molecule has 0 aliphatic heterocycles. The predicted molar refractivity (Wildman–Crippen MR) is 73.7 cm³/mol. The molecule has 0 saturated carbocycles. The standard InChI is InChI=1S/C15H16ClNO2/c1-10-8-11(6-7-13(10)16)18-9-14-12-4-2-3-5-15(12)19-17-14/h6-8H,2-5,9H2,1H3. The molecule has 1 aliphatic carbocycles. The van der Waals surface area contributed by atoms with Crippen LogP contribution >= 0.6 is 11.6 Å². The van der Waals surface area contributed by atoms with Crippen molar-refractivity contribution in [2.75, 3.05) is 0 Å². The SMILES string of the molecule is Cc1cc(OCc2noc3c2CCCC3)ccc1Cl. The number of nitrogens with zero attached hydrogens (tertiary/aromatic N) is 1. The number of rotatable bonds is 3. The van der Waals surface area contributed by atoms with Crippen LogP contribution in [-0.4, -0.2) is 5.16 Å². The number of fused-ring (bicyclic) bond motifs is 1. The zero-order chi connectivity index (χ0) is 13.2. The lowest BCUT2D eigenvalue weighted by Gasteiger charge is -2.10. The Morgan fingerprint density at radius 1 is 1.32 bits per heavy atom. The van der Waals surface area contributed by atoms with Crippen LogP contribution in [-0.2, 0) is 19.4 Å². The highest BCUT2D eigenvalue weighted by atomic mass is 35.5. The lowest BCUT2D eigenvalue weighted by molar-refractivity contribution is 0.286. The number of hydrogen-bond acceptors (Lipinski definition) is 3. The lowest BCUT2D eigenvalue weighted by atomic mass is 9.97. The molecule has 0 radical (unpaired) electrons. The van der Waals surface area contributed by atoms with Crippen molar-refractivity contribution >= 4 is 11.6 Å². The Kier molecular flexibility index (Phi) is 3.47.